The van der Waals surface area contributed by atoms with Crippen LogP contribution in [0.2, 0.25) is 0 Å². The monoisotopic (exact) mass is 376 g/mol. The van der Waals surface area contributed by atoms with Crippen LogP contribution in [0.5, 0.6) is 0 Å². The first-order valence-electron chi connectivity index (χ1n) is 10.2. The maximum Gasteiger partial charge on any atom is 0.178 e. The predicted octanol–water partition coefficient (Wildman–Crippen LogP) is 1.74. The van der Waals surface area contributed by atoms with Gasteiger partial charge in [-0.1, -0.05) is 32.4 Å². The zero-order chi connectivity index (χ0) is 19.8. The molecule has 0 aromatic heterocycles. The van der Waals surface area contributed by atoms with Gasteiger partial charge in [0, 0.05) is 29.8 Å². The number of hydrogen-bond acceptors (Lipinski definition) is 5. The second kappa shape index (κ2) is 5.76. The molecule has 0 aromatic carbocycles. The van der Waals surface area contributed by atoms with Gasteiger partial charge < -0.3 is 20.4 Å². The SMILES string of the molecule is C[C@@H](CO)[C@@]1(O)C[C@@H](O)[C@@]2(O)[C@@H]3CCC4=CC(=O)C=C[C@]4(C)[C@H]3CC[C@@]21C. The van der Waals surface area contributed by atoms with E-state index in [0.717, 1.165) is 12.0 Å². The van der Waals surface area contributed by atoms with Crippen molar-refractivity contribution in [3.8, 4) is 0 Å². The largest absolute Gasteiger partial charge is 0.396 e. The number of carbonyl (C=O) groups excluding carboxylic acids is 1. The van der Waals surface area contributed by atoms with Crippen molar-refractivity contribution in [3.05, 3.63) is 23.8 Å². The Labute approximate surface area is 160 Å². The van der Waals surface area contributed by atoms with Gasteiger partial charge in [-0.3, -0.25) is 4.79 Å². The number of aliphatic hydroxyl groups excluding tert-OH is 2. The third-order valence-electron chi connectivity index (χ3n) is 9.04. The van der Waals surface area contributed by atoms with Gasteiger partial charge >= 0.3 is 0 Å². The second-order valence-electron chi connectivity index (χ2n) is 9.86. The lowest BCUT2D eigenvalue weighted by Gasteiger charge is -2.62. The van der Waals surface area contributed by atoms with Crippen molar-refractivity contribution in [3.63, 3.8) is 0 Å². The fraction of sp³-hybridized carbons (Fsp3) is 0.773. The lowest BCUT2D eigenvalue weighted by molar-refractivity contribution is -0.244. The minimum atomic E-state index is -1.40. The average Bonchev–Trinajstić information content (AvgIpc) is 2.79. The molecule has 3 saturated carbocycles. The van der Waals surface area contributed by atoms with Crippen molar-refractivity contribution in [2.75, 3.05) is 6.61 Å². The first-order valence-corrected chi connectivity index (χ1v) is 10.2. The van der Waals surface area contributed by atoms with Gasteiger partial charge in [-0.2, -0.15) is 0 Å². The fourth-order valence-electron chi connectivity index (χ4n) is 7.20. The molecule has 0 bridgehead atoms. The van der Waals surface area contributed by atoms with Crippen LogP contribution in [0.4, 0.5) is 0 Å². The van der Waals surface area contributed by atoms with E-state index < -0.39 is 28.6 Å². The number of hydrogen-bond donors (Lipinski definition) is 4. The molecule has 0 heterocycles. The molecule has 5 heteroatoms. The standard InChI is InChI=1S/C22H32O5/c1-13(12-23)21(26)11-18(25)22(27)17-5-4-14-10-15(24)6-8-19(14,2)16(17)7-9-20(21,22)3/h6,8,10,13,16-18,23,25-27H,4-5,7,9,11-12H2,1-3H3/t13-,16-,17+,18+,19-,20+,21-,22-/m0/s1. The highest BCUT2D eigenvalue weighted by Crippen LogP contribution is 2.69. The molecular weight excluding hydrogens is 344 g/mol. The Morgan fingerprint density at radius 3 is 2.59 bits per heavy atom. The van der Waals surface area contributed by atoms with E-state index in [9.17, 15) is 25.2 Å². The van der Waals surface area contributed by atoms with E-state index in [-0.39, 0.29) is 36.1 Å². The van der Waals surface area contributed by atoms with E-state index in [2.05, 4.69) is 6.92 Å². The molecule has 4 aliphatic carbocycles. The van der Waals surface area contributed by atoms with Crippen LogP contribution in [-0.2, 0) is 4.79 Å². The molecule has 27 heavy (non-hydrogen) atoms. The topological polar surface area (TPSA) is 98.0 Å². The summed E-state index contributed by atoms with van der Waals surface area (Å²) in [5.74, 6) is -0.454. The van der Waals surface area contributed by atoms with Gasteiger partial charge in [0.05, 0.1) is 11.7 Å². The lowest BCUT2D eigenvalue weighted by Crippen LogP contribution is -2.67. The molecule has 5 nitrogen and oxygen atoms in total. The number of aliphatic hydroxyl groups is 4. The van der Waals surface area contributed by atoms with Crippen LogP contribution in [0, 0.1) is 28.6 Å². The van der Waals surface area contributed by atoms with Crippen LogP contribution in [0.3, 0.4) is 0 Å². The van der Waals surface area contributed by atoms with Gasteiger partial charge in [-0.15, -0.1) is 0 Å². The summed E-state index contributed by atoms with van der Waals surface area (Å²) in [4.78, 5) is 11.9. The van der Waals surface area contributed by atoms with Gasteiger partial charge in [0.25, 0.3) is 0 Å². The Morgan fingerprint density at radius 2 is 1.93 bits per heavy atom. The molecule has 0 unspecified atom stereocenters. The second-order valence-corrected chi connectivity index (χ2v) is 9.86. The Hall–Kier alpha value is -1.01. The average molecular weight is 376 g/mol. The van der Waals surface area contributed by atoms with Crippen LogP contribution >= 0.6 is 0 Å². The zero-order valence-corrected chi connectivity index (χ0v) is 16.5. The highest BCUT2D eigenvalue weighted by molar-refractivity contribution is 6.01. The first kappa shape index (κ1) is 19.3. The number of carbonyl (C=O) groups is 1. The molecule has 4 rings (SSSR count). The van der Waals surface area contributed by atoms with Crippen LogP contribution in [0.25, 0.3) is 0 Å². The highest BCUT2D eigenvalue weighted by Gasteiger charge is 2.75. The summed E-state index contributed by atoms with van der Waals surface area (Å²) in [7, 11) is 0. The van der Waals surface area contributed by atoms with Crippen LogP contribution in [0.1, 0.15) is 52.9 Å². The van der Waals surface area contributed by atoms with Crippen LogP contribution < -0.4 is 0 Å². The molecule has 0 aromatic rings. The quantitative estimate of drug-likeness (QED) is 0.589. The van der Waals surface area contributed by atoms with E-state index in [0.29, 0.717) is 19.3 Å². The van der Waals surface area contributed by atoms with Crippen molar-refractivity contribution in [1.29, 1.82) is 0 Å². The summed E-state index contributed by atoms with van der Waals surface area (Å²) >= 11 is 0. The van der Waals surface area contributed by atoms with E-state index in [1.807, 2.05) is 13.0 Å². The molecule has 0 spiro atoms. The third kappa shape index (κ3) is 2.12. The first-order chi connectivity index (χ1) is 12.5. The maximum absolute atomic E-state index is 12.0. The third-order valence-corrected chi connectivity index (χ3v) is 9.04. The molecule has 150 valence electrons. The van der Waals surface area contributed by atoms with Crippen molar-refractivity contribution < 1.29 is 25.2 Å². The summed E-state index contributed by atoms with van der Waals surface area (Å²) in [6.07, 6.45) is 7.19. The predicted molar refractivity (Wildman–Crippen MR) is 101 cm³/mol. The maximum atomic E-state index is 12.0. The molecule has 0 amide bonds. The van der Waals surface area contributed by atoms with Crippen molar-refractivity contribution in [2.45, 2.75) is 70.2 Å². The summed E-state index contributed by atoms with van der Waals surface area (Å²) in [6.45, 7) is 5.63. The molecular formula is C22H32O5. The Bertz CT molecular complexity index is 728. The fourth-order valence-corrected chi connectivity index (χ4v) is 7.20. The van der Waals surface area contributed by atoms with Crippen molar-refractivity contribution >= 4 is 5.78 Å². The van der Waals surface area contributed by atoms with Crippen molar-refractivity contribution in [1.82, 2.24) is 0 Å². The molecule has 4 aliphatic rings. The Kier molecular flexibility index (Phi) is 4.12. The minimum absolute atomic E-state index is 0.0207. The highest BCUT2D eigenvalue weighted by atomic mass is 16.4. The van der Waals surface area contributed by atoms with Gasteiger partial charge in [-0.25, -0.2) is 0 Å². The summed E-state index contributed by atoms with van der Waals surface area (Å²) < 4.78 is 0. The smallest absolute Gasteiger partial charge is 0.178 e. The molecule has 4 N–H and O–H groups in total. The normalized spacial score (nSPS) is 52.6. The molecule has 3 fully saturated rings. The van der Waals surface area contributed by atoms with Crippen molar-refractivity contribution in [2.24, 2.45) is 28.6 Å². The summed E-state index contributed by atoms with van der Waals surface area (Å²) in [5, 5.41) is 44.2. The van der Waals surface area contributed by atoms with Gasteiger partial charge in [0.2, 0.25) is 0 Å². The lowest BCUT2D eigenvalue weighted by atomic mass is 9.44. The van der Waals surface area contributed by atoms with E-state index in [1.54, 1.807) is 19.1 Å². The zero-order valence-electron chi connectivity index (χ0n) is 16.5. The van der Waals surface area contributed by atoms with Gasteiger partial charge in [0.15, 0.2) is 5.78 Å². The number of ketones is 1. The number of fused-ring (bicyclic) bond motifs is 5. The van der Waals surface area contributed by atoms with Crippen LogP contribution in [-0.4, -0.2) is 50.1 Å². The summed E-state index contributed by atoms with van der Waals surface area (Å²) in [5.41, 5.74) is -2.77. The molecule has 0 radical (unpaired) electrons. The number of rotatable bonds is 2. The van der Waals surface area contributed by atoms with E-state index >= 15 is 0 Å². The van der Waals surface area contributed by atoms with E-state index in [1.165, 1.54) is 0 Å². The van der Waals surface area contributed by atoms with Crippen LogP contribution in [0.15, 0.2) is 23.8 Å². The molecule has 0 saturated heterocycles. The number of allylic oxidation sites excluding steroid dienone is 4. The Balaban J connectivity index is 1.79. The minimum Gasteiger partial charge on any atom is -0.396 e. The van der Waals surface area contributed by atoms with Gasteiger partial charge in [0.1, 0.15) is 5.60 Å². The summed E-state index contributed by atoms with van der Waals surface area (Å²) in [6, 6.07) is 0. The molecule has 0 aliphatic heterocycles. The molecule has 8 atom stereocenters. The van der Waals surface area contributed by atoms with E-state index in [4.69, 9.17) is 0 Å². The van der Waals surface area contributed by atoms with Gasteiger partial charge in [-0.05, 0) is 49.7 Å². The Morgan fingerprint density at radius 1 is 1.22 bits per heavy atom.